The van der Waals surface area contributed by atoms with Crippen LogP contribution >= 0.6 is 0 Å². The molecular formula is C16H20N2O2S. The van der Waals surface area contributed by atoms with Gasteiger partial charge in [0.25, 0.3) is 10.0 Å². The van der Waals surface area contributed by atoms with Crippen molar-refractivity contribution in [3.8, 4) is 0 Å². The fourth-order valence-corrected chi connectivity index (χ4v) is 2.98. The van der Waals surface area contributed by atoms with Gasteiger partial charge < -0.3 is 5.32 Å². The Hall–Kier alpha value is -2.01. The zero-order valence-electron chi connectivity index (χ0n) is 12.4. The van der Waals surface area contributed by atoms with Crippen LogP contribution in [0.15, 0.2) is 59.5 Å². The van der Waals surface area contributed by atoms with Crippen molar-refractivity contribution in [1.29, 1.82) is 0 Å². The molecule has 0 aliphatic rings. The Kier molecular flexibility index (Phi) is 4.23. The Bertz CT molecular complexity index is 705. The molecule has 0 aliphatic carbocycles. The third kappa shape index (κ3) is 4.49. The fourth-order valence-electron chi connectivity index (χ4n) is 1.91. The van der Waals surface area contributed by atoms with Gasteiger partial charge in [-0.25, -0.2) is 8.42 Å². The van der Waals surface area contributed by atoms with Gasteiger partial charge in [-0.3, -0.25) is 4.72 Å². The van der Waals surface area contributed by atoms with E-state index in [0.29, 0.717) is 5.69 Å². The van der Waals surface area contributed by atoms with Crippen LogP contribution in [0.3, 0.4) is 0 Å². The normalized spacial score (nSPS) is 12.0. The molecule has 2 N–H and O–H groups in total. The van der Waals surface area contributed by atoms with Crippen LogP contribution in [0, 0.1) is 0 Å². The van der Waals surface area contributed by atoms with E-state index < -0.39 is 10.0 Å². The molecule has 0 heterocycles. The maximum Gasteiger partial charge on any atom is 0.261 e. The second kappa shape index (κ2) is 5.77. The van der Waals surface area contributed by atoms with E-state index in [-0.39, 0.29) is 10.4 Å². The van der Waals surface area contributed by atoms with E-state index in [1.54, 1.807) is 42.5 Å². The lowest BCUT2D eigenvalue weighted by atomic mass is 10.1. The van der Waals surface area contributed by atoms with Gasteiger partial charge in [0.15, 0.2) is 0 Å². The van der Waals surface area contributed by atoms with Crippen molar-refractivity contribution in [2.75, 3.05) is 10.0 Å². The molecule has 0 unspecified atom stereocenters. The standard InChI is InChI=1S/C16H20N2O2S/c1-16(2,3)17-13-8-7-9-14(12-13)18-21(19,20)15-10-5-4-6-11-15/h4-12,17-18H,1-3H3. The summed E-state index contributed by atoms with van der Waals surface area (Å²) in [5.74, 6) is 0. The first-order chi connectivity index (χ1) is 9.76. The number of nitrogens with one attached hydrogen (secondary N) is 2. The van der Waals surface area contributed by atoms with Gasteiger partial charge in [0.05, 0.1) is 10.6 Å². The minimum absolute atomic E-state index is 0.0864. The largest absolute Gasteiger partial charge is 0.380 e. The Morgan fingerprint density at radius 1 is 0.857 bits per heavy atom. The monoisotopic (exact) mass is 304 g/mol. The van der Waals surface area contributed by atoms with Crippen LogP contribution < -0.4 is 10.0 Å². The molecule has 21 heavy (non-hydrogen) atoms. The zero-order valence-corrected chi connectivity index (χ0v) is 13.2. The van der Waals surface area contributed by atoms with Crippen molar-refractivity contribution in [1.82, 2.24) is 0 Å². The lowest BCUT2D eigenvalue weighted by Gasteiger charge is -2.22. The SMILES string of the molecule is CC(C)(C)Nc1cccc(NS(=O)(=O)c2ccccc2)c1. The first kappa shape index (κ1) is 15.4. The van der Waals surface area contributed by atoms with E-state index in [4.69, 9.17) is 0 Å². The quantitative estimate of drug-likeness (QED) is 0.905. The number of anilines is 2. The van der Waals surface area contributed by atoms with Crippen molar-refractivity contribution in [2.24, 2.45) is 0 Å². The van der Waals surface area contributed by atoms with Crippen molar-refractivity contribution in [2.45, 2.75) is 31.2 Å². The minimum Gasteiger partial charge on any atom is -0.380 e. The topological polar surface area (TPSA) is 58.2 Å². The number of hydrogen-bond donors (Lipinski definition) is 2. The van der Waals surface area contributed by atoms with E-state index in [0.717, 1.165) is 5.69 Å². The molecule has 112 valence electrons. The van der Waals surface area contributed by atoms with E-state index in [1.807, 2.05) is 32.9 Å². The van der Waals surface area contributed by atoms with Crippen molar-refractivity contribution >= 4 is 21.4 Å². The molecular weight excluding hydrogens is 284 g/mol. The summed E-state index contributed by atoms with van der Waals surface area (Å²) in [5, 5.41) is 3.31. The lowest BCUT2D eigenvalue weighted by molar-refractivity contribution is 0.601. The second-order valence-electron chi connectivity index (χ2n) is 5.87. The molecule has 0 bridgehead atoms. The lowest BCUT2D eigenvalue weighted by Crippen LogP contribution is -2.26. The first-order valence-corrected chi connectivity index (χ1v) is 8.21. The molecule has 0 fully saturated rings. The number of hydrogen-bond acceptors (Lipinski definition) is 3. The van der Waals surface area contributed by atoms with Crippen LogP contribution in [-0.4, -0.2) is 14.0 Å². The van der Waals surface area contributed by atoms with E-state index in [1.165, 1.54) is 0 Å². The van der Waals surface area contributed by atoms with E-state index in [2.05, 4.69) is 10.0 Å². The van der Waals surface area contributed by atoms with Crippen LogP contribution in [0.25, 0.3) is 0 Å². The third-order valence-electron chi connectivity index (χ3n) is 2.69. The molecule has 0 radical (unpaired) electrons. The molecule has 4 nitrogen and oxygen atoms in total. The Balaban J connectivity index is 2.22. The molecule has 2 rings (SSSR count). The van der Waals surface area contributed by atoms with Gasteiger partial charge in [-0.05, 0) is 51.1 Å². The average Bonchev–Trinajstić information content (AvgIpc) is 2.37. The Morgan fingerprint density at radius 3 is 2.10 bits per heavy atom. The predicted octanol–water partition coefficient (Wildman–Crippen LogP) is 3.70. The second-order valence-corrected chi connectivity index (χ2v) is 7.56. The van der Waals surface area contributed by atoms with E-state index in [9.17, 15) is 8.42 Å². The van der Waals surface area contributed by atoms with Gasteiger partial charge in [-0.15, -0.1) is 0 Å². The number of rotatable bonds is 4. The van der Waals surface area contributed by atoms with Crippen LogP contribution in [0.2, 0.25) is 0 Å². The highest BCUT2D eigenvalue weighted by molar-refractivity contribution is 7.92. The third-order valence-corrected chi connectivity index (χ3v) is 4.08. The summed E-state index contributed by atoms with van der Waals surface area (Å²) in [7, 11) is -3.55. The van der Waals surface area contributed by atoms with Gasteiger partial charge in [-0.2, -0.15) is 0 Å². The molecule has 0 aromatic heterocycles. The predicted molar refractivity (Wildman–Crippen MR) is 87.1 cm³/mol. The van der Waals surface area contributed by atoms with Gasteiger partial charge in [0.1, 0.15) is 0 Å². The number of sulfonamides is 1. The average molecular weight is 304 g/mol. The summed E-state index contributed by atoms with van der Waals surface area (Å²) in [5.41, 5.74) is 1.32. The molecule has 0 aliphatic heterocycles. The minimum atomic E-state index is -3.55. The van der Waals surface area contributed by atoms with Gasteiger partial charge in [-0.1, -0.05) is 24.3 Å². The molecule has 0 saturated heterocycles. The molecule has 0 spiro atoms. The van der Waals surface area contributed by atoms with E-state index >= 15 is 0 Å². The summed E-state index contributed by atoms with van der Waals surface area (Å²) >= 11 is 0. The van der Waals surface area contributed by atoms with Crippen LogP contribution in [0.1, 0.15) is 20.8 Å². The highest BCUT2D eigenvalue weighted by Crippen LogP contribution is 2.21. The van der Waals surface area contributed by atoms with Gasteiger partial charge >= 0.3 is 0 Å². The molecule has 0 amide bonds. The summed E-state index contributed by atoms with van der Waals surface area (Å²) in [6, 6.07) is 15.6. The maximum absolute atomic E-state index is 12.3. The molecule has 2 aromatic carbocycles. The van der Waals surface area contributed by atoms with Crippen molar-refractivity contribution in [3.63, 3.8) is 0 Å². The molecule has 5 heteroatoms. The van der Waals surface area contributed by atoms with Crippen molar-refractivity contribution in [3.05, 3.63) is 54.6 Å². The van der Waals surface area contributed by atoms with Crippen LogP contribution in [0.5, 0.6) is 0 Å². The summed E-state index contributed by atoms with van der Waals surface area (Å²) < 4.78 is 27.1. The Labute approximate surface area is 126 Å². The summed E-state index contributed by atoms with van der Waals surface area (Å²) in [4.78, 5) is 0.249. The van der Waals surface area contributed by atoms with Gasteiger partial charge in [0.2, 0.25) is 0 Å². The molecule has 2 aromatic rings. The fraction of sp³-hybridized carbons (Fsp3) is 0.250. The summed E-state index contributed by atoms with van der Waals surface area (Å²) in [6.07, 6.45) is 0. The highest BCUT2D eigenvalue weighted by atomic mass is 32.2. The van der Waals surface area contributed by atoms with Gasteiger partial charge in [0, 0.05) is 11.2 Å². The van der Waals surface area contributed by atoms with Crippen LogP contribution in [0.4, 0.5) is 11.4 Å². The van der Waals surface area contributed by atoms with Crippen LogP contribution in [-0.2, 0) is 10.0 Å². The molecule has 0 atom stereocenters. The first-order valence-electron chi connectivity index (χ1n) is 6.72. The smallest absolute Gasteiger partial charge is 0.261 e. The highest BCUT2D eigenvalue weighted by Gasteiger charge is 2.14. The Morgan fingerprint density at radius 2 is 1.48 bits per heavy atom. The van der Waals surface area contributed by atoms with Crippen molar-refractivity contribution < 1.29 is 8.42 Å². The zero-order chi connectivity index (χ0) is 15.5. The molecule has 0 saturated carbocycles. The summed E-state index contributed by atoms with van der Waals surface area (Å²) in [6.45, 7) is 6.15. The number of benzene rings is 2. The maximum atomic E-state index is 12.3.